The molecule has 0 radical (unpaired) electrons. The van der Waals surface area contributed by atoms with Crippen LogP contribution in [0.15, 0.2) is 12.1 Å². The normalized spacial score (nSPS) is 13.4. The van der Waals surface area contributed by atoms with Crippen molar-refractivity contribution in [2.75, 3.05) is 24.6 Å². The summed E-state index contributed by atoms with van der Waals surface area (Å²) in [6, 6.07) is 3.71. The molecular weight excluding hydrogens is 256 g/mol. The van der Waals surface area contributed by atoms with Crippen molar-refractivity contribution in [1.82, 2.24) is 0 Å². The fourth-order valence-corrected chi connectivity index (χ4v) is 2.75. The Balaban J connectivity index is 2.39. The fourth-order valence-electron chi connectivity index (χ4n) is 2.75. The molecule has 0 bridgehead atoms. The van der Waals surface area contributed by atoms with Crippen LogP contribution in [0.2, 0.25) is 0 Å². The summed E-state index contributed by atoms with van der Waals surface area (Å²) in [5, 5.41) is 8.94. The minimum absolute atomic E-state index is 0.0653. The Morgan fingerprint density at radius 1 is 1.40 bits per heavy atom. The average molecular weight is 276 g/mol. The predicted molar refractivity (Wildman–Crippen MR) is 77.0 cm³/mol. The van der Waals surface area contributed by atoms with Gasteiger partial charge in [-0.05, 0) is 37.0 Å². The van der Waals surface area contributed by atoms with Gasteiger partial charge in [-0.1, -0.05) is 6.07 Å². The van der Waals surface area contributed by atoms with Gasteiger partial charge in [0.2, 0.25) is 0 Å². The molecule has 0 aliphatic carbocycles. The minimum Gasteiger partial charge on any atom is -0.396 e. The molecule has 2 rings (SSSR count). The fraction of sp³-hybridized carbons (Fsp3) is 0.467. The molecule has 0 unspecified atom stereocenters. The van der Waals surface area contributed by atoms with Gasteiger partial charge >= 0.3 is 0 Å². The number of anilines is 1. The van der Waals surface area contributed by atoms with Gasteiger partial charge in [-0.15, -0.1) is 0 Å². The van der Waals surface area contributed by atoms with Crippen molar-refractivity contribution in [3.8, 4) is 0 Å². The van der Waals surface area contributed by atoms with Gasteiger partial charge in [-0.3, -0.25) is 9.59 Å². The summed E-state index contributed by atoms with van der Waals surface area (Å²) < 4.78 is 0. The highest BCUT2D eigenvalue weighted by Gasteiger charge is 2.25. The number of nitrogens with zero attached hydrogens (tertiary/aromatic N) is 1. The van der Waals surface area contributed by atoms with E-state index in [1.807, 2.05) is 6.07 Å². The van der Waals surface area contributed by atoms with Gasteiger partial charge in [-0.25, -0.2) is 0 Å². The zero-order chi connectivity index (χ0) is 14.7. The maximum absolute atomic E-state index is 11.7. The Bertz CT molecular complexity index is 540. The smallest absolute Gasteiger partial charge is 0.250 e. The van der Waals surface area contributed by atoms with Crippen LogP contribution in [-0.2, 0) is 17.6 Å². The molecule has 108 valence electrons. The number of fused-ring (bicyclic) bond motifs is 1. The van der Waals surface area contributed by atoms with Crippen LogP contribution in [0.4, 0.5) is 5.69 Å². The summed E-state index contributed by atoms with van der Waals surface area (Å²) in [7, 11) is 0. The van der Waals surface area contributed by atoms with Gasteiger partial charge in [0.05, 0.1) is 11.3 Å². The summed E-state index contributed by atoms with van der Waals surface area (Å²) in [5.74, 6) is -0.405. The lowest BCUT2D eigenvalue weighted by Crippen LogP contribution is -2.25. The van der Waals surface area contributed by atoms with Crippen LogP contribution in [0.5, 0.6) is 0 Å². The monoisotopic (exact) mass is 276 g/mol. The third-order valence-corrected chi connectivity index (χ3v) is 3.52. The summed E-state index contributed by atoms with van der Waals surface area (Å²) >= 11 is 0. The standard InChI is InChI=1S/C15H20N2O3/c1-10(19)7-11-8-12-3-5-17(4-2-6-18)14(12)13(9-11)15(16)20/h8-9,18H,2-7H2,1H3,(H2,16,20). The Hall–Kier alpha value is -1.88. The van der Waals surface area contributed by atoms with Crippen LogP contribution in [0.25, 0.3) is 0 Å². The van der Waals surface area contributed by atoms with Crippen molar-refractivity contribution >= 4 is 17.4 Å². The lowest BCUT2D eigenvalue weighted by atomic mass is 9.99. The number of hydrogen-bond acceptors (Lipinski definition) is 4. The Kier molecular flexibility index (Phi) is 4.39. The molecule has 5 nitrogen and oxygen atoms in total. The van der Waals surface area contributed by atoms with E-state index in [-0.39, 0.29) is 12.4 Å². The second kappa shape index (κ2) is 6.05. The topological polar surface area (TPSA) is 83.6 Å². The number of primary amides is 1. The quantitative estimate of drug-likeness (QED) is 0.799. The molecule has 0 atom stereocenters. The van der Waals surface area contributed by atoms with E-state index >= 15 is 0 Å². The Labute approximate surface area is 118 Å². The summed E-state index contributed by atoms with van der Waals surface area (Å²) in [6.07, 6.45) is 1.82. The summed E-state index contributed by atoms with van der Waals surface area (Å²) in [4.78, 5) is 25.0. The van der Waals surface area contributed by atoms with Crippen molar-refractivity contribution in [2.24, 2.45) is 5.73 Å². The van der Waals surface area contributed by atoms with Crippen LogP contribution in [-0.4, -0.2) is 36.5 Å². The highest BCUT2D eigenvalue weighted by Crippen LogP contribution is 2.33. The van der Waals surface area contributed by atoms with Crippen molar-refractivity contribution in [2.45, 2.75) is 26.2 Å². The number of amides is 1. The zero-order valence-corrected chi connectivity index (χ0v) is 11.7. The van der Waals surface area contributed by atoms with Crippen molar-refractivity contribution in [3.63, 3.8) is 0 Å². The first-order valence-electron chi connectivity index (χ1n) is 6.83. The largest absolute Gasteiger partial charge is 0.396 e. The Morgan fingerprint density at radius 2 is 2.15 bits per heavy atom. The number of rotatable bonds is 6. The van der Waals surface area contributed by atoms with Crippen molar-refractivity contribution in [3.05, 3.63) is 28.8 Å². The van der Waals surface area contributed by atoms with E-state index in [2.05, 4.69) is 4.90 Å². The van der Waals surface area contributed by atoms with E-state index in [1.165, 1.54) is 6.92 Å². The highest BCUT2D eigenvalue weighted by molar-refractivity contribution is 6.00. The predicted octanol–water partition coefficient (Wildman–Crippen LogP) is 0.662. The van der Waals surface area contributed by atoms with E-state index in [1.54, 1.807) is 6.07 Å². The number of benzene rings is 1. The van der Waals surface area contributed by atoms with Crippen LogP contribution in [0.3, 0.4) is 0 Å². The van der Waals surface area contributed by atoms with Crippen LogP contribution in [0, 0.1) is 0 Å². The molecule has 0 fully saturated rings. The van der Waals surface area contributed by atoms with E-state index in [0.717, 1.165) is 29.8 Å². The molecule has 3 N–H and O–H groups in total. The summed E-state index contributed by atoms with van der Waals surface area (Å²) in [5.41, 5.74) is 8.74. The molecule has 20 heavy (non-hydrogen) atoms. The molecule has 0 saturated heterocycles. The van der Waals surface area contributed by atoms with Crippen molar-refractivity contribution in [1.29, 1.82) is 0 Å². The number of Topliss-reactive ketones (excluding diaryl/α,β-unsaturated/α-hetero) is 1. The number of nitrogens with two attached hydrogens (primary N) is 1. The maximum Gasteiger partial charge on any atom is 0.250 e. The first-order chi connectivity index (χ1) is 9.52. The molecule has 1 amide bonds. The maximum atomic E-state index is 11.7. The van der Waals surface area contributed by atoms with E-state index in [4.69, 9.17) is 10.8 Å². The third-order valence-electron chi connectivity index (χ3n) is 3.52. The van der Waals surface area contributed by atoms with Gasteiger partial charge in [0.15, 0.2) is 0 Å². The van der Waals surface area contributed by atoms with Gasteiger partial charge in [0.25, 0.3) is 5.91 Å². The number of aliphatic hydroxyl groups excluding tert-OH is 1. The first kappa shape index (κ1) is 14.5. The van der Waals surface area contributed by atoms with Crippen molar-refractivity contribution < 1.29 is 14.7 Å². The highest BCUT2D eigenvalue weighted by atomic mass is 16.3. The minimum atomic E-state index is -0.470. The SMILES string of the molecule is CC(=O)Cc1cc2c(c(C(N)=O)c1)N(CCCO)CC2. The zero-order valence-electron chi connectivity index (χ0n) is 11.7. The van der Waals surface area contributed by atoms with Gasteiger partial charge in [0, 0.05) is 26.1 Å². The number of ketones is 1. The molecule has 0 spiro atoms. The average Bonchev–Trinajstić information content (AvgIpc) is 2.77. The number of carbonyl (C=O) groups excluding carboxylic acids is 2. The molecule has 0 aromatic heterocycles. The van der Waals surface area contributed by atoms with Gasteiger partial charge in [-0.2, -0.15) is 0 Å². The van der Waals surface area contributed by atoms with E-state index in [9.17, 15) is 9.59 Å². The first-order valence-corrected chi connectivity index (χ1v) is 6.83. The molecule has 5 heteroatoms. The van der Waals surface area contributed by atoms with E-state index < -0.39 is 5.91 Å². The Morgan fingerprint density at radius 3 is 2.75 bits per heavy atom. The number of carbonyl (C=O) groups is 2. The lowest BCUT2D eigenvalue weighted by Gasteiger charge is -2.21. The molecule has 1 aromatic rings. The van der Waals surface area contributed by atoms with Gasteiger partial charge in [0.1, 0.15) is 5.78 Å². The molecule has 0 saturated carbocycles. The van der Waals surface area contributed by atoms with E-state index in [0.29, 0.717) is 24.9 Å². The van der Waals surface area contributed by atoms with Gasteiger partial charge < -0.3 is 15.7 Å². The second-order valence-electron chi connectivity index (χ2n) is 5.21. The molecule has 1 aliphatic heterocycles. The third kappa shape index (κ3) is 2.99. The molecule has 1 aromatic carbocycles. The second-order valence-corrected chi connectivity index (χ2v) is 5.21. The van der Waals surface area contributed by atoms with Crippen LogP contribution in [0.1, 0.15) is 34.8 Å². The number of hydrogen-bond donors (Lipinski definition) is 2. The van der Waals surface area contributed by atoms with Crippen LogP contribution < -0.4 is 10.6 Å². The van der Waals surface area contributed by atoms with Crippen LogP contribution >= 0.6 is 0 Å². The molecule has 1 heterocycles. The molecule has 1 aliphatic rings. The molecular formula is C15H20N2O3. The number of aliphatic hydroxyl groups is 1. The lowest BCUT2D eigenvalue weighted by molar-refractivity contribution is -0.116. The summed E-state index contributed by atoms with van der Waals surface area (Å²) in [6.45, 7) is 3.18.